The van der Waals surface area contributed by atoms with E-state index >= 15 is 0 Å². The Hall–Kier alpha value is -2.89. The van der Waals surface area contributed by atoms with Gasteiger partial charge in [0.2, 0.25) is 0 Å². The predicted molar refractivity (Wildman–Crippen MR) is 75.6 cm³/mol. The van der Waals surface area contributed by atoms with Gasteiger partial charge < -0.3 is 10.5 Å². The molecule has 0 spiro atoms. The lowest BCUT2D eigenvalue weighted by Crippen LogP contribution is -1.98. The Morgan fingerprint density at radius 3 is 2.86 bits per heavy atom. The Balaban J connectivity index is 2.07. The highest BCUT2D eigenvalue weighted by Gasteiger charge is 2.03. The Morgan fingerprint density at radius 1 is 1.29 bits per heavy atom. The number of nitriles is 1. The van der Waals surface area contributed by atoms with E-state index in [9.17, 15) is 4.39 Å². The molecule has 4 nitrogen and oxygen atoms in total. The van der Waals surface area contributed by atoms with E-state index in [2.05, 4.69) is 16.8 Å². The maximum absolute atomic E-state index is 13.7. The zero-order valence-corrected chi connectivity index (χ0v) is 11.1. The Morgan fingerprint density at radius 2 is 2.14 bits per heavy atom. The van der Waals surface area contributed by atoms with Crippen molar-refractivity contribution < 1.29 is 9.13 Å². The van der Waals surface area contributed by atoms with Crippen LogP contribution in [0.25, 0.3) is 0 Å². The molecule has 5 heteroatoms. The average Bonchev–Trinajstić information content (AvgIpc) is 2.52. The lowest BCUT2D eigenvalue weighted by molar-refractivity contribution is 0.304. The highest BCUT2D eigenvalue weighted by molar-refractivity contribution is 5.40. The van der Waals surface area contributed by atoms with Crippen molar-refractivity contribution in [3.63, 3.8) is 0 Å². The van der Waals surface area contributed by atoms with E-state index in [1.54, 1.807) is 24.3 Å². The lowest BCUT2D eigenvalue weighted by Gasteiger charge is -2.07. The monoisotopic (exact) mass is 281 g/mol. The second kappa shape index (κ2) is 7.04. The van der Waals surface area contributed by atoms with Crippen molar-refractivity contribution in [1.82, 2.24) is 4.98 Å². The van der Waals surface area contributed by atoms with E-state index in [1.165, 1.54) is 12.3 Å². The molecule has 0 bridgehead atoms. The topological polar surface area (TPSA) is 71.9 Å². The molecule has 0 fully saturated rings. The van der Waals surface area contributed by atoms with Crippen LogP contribution in [0, 0.1) is 29.0 Å². The normalized spacial score (nSPS) is 9.38. The standard InChI is InChI=1S/C16H12FN3O/c17-16-9-15(4-3-13(16)2-1-6-18)21-11-12-5-7-20-14(8-12)10-19/h3-5,7-9H,6,11,18H2. The molecule has 1 heterocycles. The molecule has 0 saturated heterocycles. The van der Waals surface area contributed by atoms with Gasteiger partial charge in [-0.25, -0.2) is 9.37 Å². The Kier molecular flexibility index (Phi) is 4.87. The van der Waals surface area contributed by atoms with Gasteiger partial charge >= 0.3 is 0 Å². The predicted octanol–water partition coefficient (Wildman–Crippen LogP) is 1.98. The second-order valence-electron chi connectivity index (χ2n) is 4.10. The molecular weight excluding hydrogens is 269 g/mol. The van der Waals surface area contributed by atoms with E-state index in [0.717, 1.165) is 5.56 Å². The first-order chi connectivity index (χ1) is 10.2. The van der Waals surface area contributed by atoms with Gasteiger partial charge in [0, 0.05) is 12.3 Å². The van der Waals surface area contributed by atoms with Gasteiger partial charge in [-0.15, -0.1) is 0 Å². The fraction of sp³-hybridized carbons (Fsp3) is 0.125. The van der Waals surface area contributed by atoms with Crippen molar-refractivity contribution in [1.29, 1.82) is 5.26 Å². The Labute approximate surface area is 122 Å². The summed E-state index contributed by atoms with van der Waals surface area (Å²) >= 11 is 0. The summed E-state index contributed by atoms with van der Waals surface area (Å²) < 4.78 is 19.2. The van der Waals surface area contributed by atoms with Crippen molar-refractivity contribution in [2.24, 2.45) is 5.73 Å². The molecule has 2 N–H and O–H groups in total. The number of hydrogen-bond donors (Lipinski definition) is 1. The van der Waals surface area contributed by atoms with Crippen molar-refractivity contribution in [2.45, 2.75) is 6.61 Å². The number of benzene rings is 1. The number of hydrogen-bond acceptors (Lipinski definition) is 4. The molecule has 0 amide bonds. The van der Waals surface area contributed by atoms with Crippen LogP contribution in [0.2, 0.25) is 0 Å². The molecule has 0 saturated carbocycles. The first-order valence-electron chi connectivity index (χ1n) is 6.19. The maximum atomic E-state index is 13.7. The van der Waals surface area contributed by atoms with E-state index < -0.39 is 5.82 Å². The van der Waals surface area contributed by atoms with Crippen LogP contribution in [0.5, 0.6) is 5.75 Å². The summed E-state index contributed by atoms with van der Waals surface area (Å²) in [5, 5.41) is 8.76. The number of aromatic nitrogens is 1. The first-order valence-corrected chi connectivity index (χ1v) is 6.19. The van der Waals surface area contributed by atoms with E-state index in [0.29, 0.717) is 11.4 Å². The van der Waals surface area contributed by atoms with Crippen LogP contribution < -0.4 is 10.5 Å². The fourth-order valence-electron chi connectivity index (χ4n) is 1.63. The molecule has 1 aromatic heterocycles. The number of nitrogens with two attached hydrogens (primary N) is 1. The Bertz CT molecular complexity index is 741. The van der Waals surface area contributed by atoms with E-state index in [-0.39, 0.29) is 18.7 Å². The molecular formula is C16H12FN3O. The largest absolute Gasteiger partial charge is 0.489 e. The summed E-state index contributed by atoms with van der Waals surface area (Å²) in [6, 6.07) is 9.75. The number of nitrogens with zero attached hydrogens (tertiary/aromatic N) is 2. The van der Waals surface area contributed by atoms with Crippen LogP contribution >= 0.6 is 0 Å². The van der Waals surface area contributed by atoms with Gasteiger partial charge in [-0.1, -0.05) is 11.8 Å². The number of halogens is 1. The highest BCUT2D eigenvalue weighted by atomic mass is 19.1. The SMILES string of the molecule is N#Cc1cc(COc2ccc(C#CCN)c(F)c2)ccn1. The van der Waals surface area contributed by atoms with Gasteiger partial charge in [0.15, 0.2) is 0 Å². The summed E-state index contributed by atoms with van der Waals surface area (Å²) in [6.07, 6.45) is 1.53. The van der Waals surface area contributed by atoms with E-state index in [4.69, 9.17) is 15.7 Å². The van der Waals surface area contributed by atoms with Gasteiger partial charge in [-0.05, 0) is 29.8 Å². The number of pyridine rings is 1. The highest BCUT2D eigenvalue weighted by Crippen LogP contribution is 2.17. The summed E-state index contributed by atoms with van der Waals surface area (Å²) in [6.45, 7) is 0.408. The van der Waals surface area contributed by atoms with Crippen molar-refractivity contribution in [2.75, 3.05) is 6.54 Å². The van der Waals surface area contributed by atoms with Crippen LogP contribution in [0.3, 0.4) is 0 Å². The van der Waals surface area contributed by atoms with Gasteiger partial charge in [-0.3, -0.25) is 0 Å². The summed E-state index contributed by atoms with van der Waals surface area (Å²) in [5.41, 5.74) is 6.62. The molecule has 0 unspecified atom stereocenters. The van der Waals surface area contributed by atoms with Crippen LogP contribution in [0.4, 0.5) is 4.39 Å². The third kappa shape index (κ3) is 4.04. The maximum Gasteiger partial charge on any atom is 0.142 e. The van der Waals surface area contributed by atoms with Crippen LogP contribution in [0.15, 0.2) is 36.5 Å². The van der Waals surface area contributed by atoms with Crippen molar-refractivity contribution >= 4 is 0 Å². The van der Waals surface area contributed by atoms with Crippen LogP contribution in [-0.4, -0.2) is 11.5 Å². The molecule has 0 atom stereocenters. The molecule has 21 heavy (non-hydrogen) atoms. The zero-order valence-electron chi connectivity index (χ0n) is 11.1. The van der Waals surface area contributed by atoms with Crippen LogP contribution in [-0.2, 0) is 6.61 Å². The molecule has 104 valence electrons. The summed E-state index contributed by atoms with van der Waals surface area (Å²) in [7, 11) is 0. The summed E-state index contributed by atoms with van der Waals surface area (Å²) in [4.78, 5) is 3.87. The van der Waals surface area contributed by atoms with Gasteiger partial charge in [0.1, 0.15) is 29.9 Å². The van der Waals surface area contributed by atoms with Gasteiger partial charge in [0.05, 0.1) is 12.1 Å². The summed E-state index contributed by atoms with van der Waals surface area (Å²) in [5.74, 6) is 5.17. The van der Waals surface area contributed by atoms with Crippen molar-refractivity contribution in [3.05, 3.63) is 59.2 Å². The van der Waals surface area contributed by atoms with Gasteiger partial charge in [0.25, 0.3) is 0 Å². The first kappa shape index (κ1) is 14.5. The minimum absolute atomic E-state index is 0.182. The molecule has 2 rings (SSSR count). The number of ether oxygens (including phenoxy) is 1. The quantitative estimate of drug-likeness (QED) is 0.873. The molecule has 0 aliphatic heterocycles. The third-order valence-electron chi connectivity index (χ3n) is 2.61. The molecule has 0 aliphatic carbocycles. The lowest BCUT2D eigenvalue weighted by atomic mass is 10.2. The molecule has 2 aromatic rings. The third-order valence-corrected chi connectivity index (χ3v) is 2.61. The minimum Gasteiger partial charge on any atom is -0.489 e. The van der Waals surface area contributed by atoms with Gasteiger partial charge in [-0.2, -0.15) is 5.26 Å². The molecule has 0 aliphatic rings. The zero-order chi connectivity index (χ0) is 15.1. The second-order valence-corrected chi connectivity index (χ2v) is 4.10. The van der Waals surface area contributed by atoms with E-state index in [1.807, 2.05) is 6.07 Å². The smallest absolute Gasteiger partial charge is 0.142 e. The average molecular weight is 281 g/mol. The van der Waals surface area contributed by atoms with Crippen LogP contribution in [0.1, 0.15) is 16.8 Å². The number of rotatable bonds is 3. The fourth-order valence-corrected chi connectivity index (χ4v) is 1.63. The van der Waals surface area contributed by atoms with Crippen molar-refractivity contribution in [3.8, 4) is 23.7 Å². The molecule has 1 aromatic carbocycles. The molecule has 0 radical (unpaired) electrons. The minimum atomic E-state index is -0.458.